The number of anilines is 1. The summed E-state index contributed by atoms with van der Waals surface area (Å²) in [6.45, 7) is 0. The Morgan fingerprint density at radius 1 is 1.24 bits per heavy atom. The monoisotopic (exact) mass is 305 g/mol. The van der Waals surface area contributed by atoms with Crippen LogP contribution in [0.4, 0.5) is 5.95 Å². The number of H-pyrrole nitrogens is 1. The number of fused-ring (bicyclic) bond motifs is 1. The molecule has 0 amide bonds. The SMILES string of the molecule is COc1n[nH]c(NS(=O)(=O)c2cccc3ncccc23)n1. The second-order valence-electron chi connectivity index (χ2n) is 4.10. The van der Waals surface area contributed by atoms with Gasteiger partial charge >= 0.3 is 6.01 Å². The number of benzene rings is 1. The highest BCUT2D eigenvalue weighted by Crippen LogP contribution is 2.22. The van der Waals surface area contributed by atoms with Crippen molar-refractivity contribution in [2.24, 2.45) is 0 Å². The lowest BCUT2D eigenvalue weighted by atomic mass is 10.2. The van der Waals surface area contributed by atoms with E-state index in [0.29, 0.717) is 10.9 Å². The molecular weight excluding hydrogens is 294 g/mol. The van der Waals surface area contributed by atoms with E-state index < -0.39 is 10.0 Å². The maximum atomic E-state index is 12.4. The predicted octanol–water partition coefficient (Wildman–Crippen LogP) is 1.16. The molecule has 0 saturated heterocycles. The van der Waals surface area contributed by atoms with Gasteiger partial charge in [0.2, 0.25) is 5.95 Å². The average Bonchev–Trinajstić information content (AvgIpc) is 2.93. The Hall–Kier alpha value is -2.68. The Bertz CT molecular complexity index is 885. The van der Waals surface area contributed by atoms with Crippen LogP contribution in [0.5, 0.6) is 6.01 Å². The molecular formula is C12H11N5O3S. The van der Waals surface area contributed by atoms with Crippen molar-refractivity contribution in [3.05, 3.63) is 36.5 Å². The normalized spacial score (nSPS) is 11.5. The Morgan fingerprint density at radius 2 is 2.10 bits per heavy atom. The number of rotatable bonds is 4. The molecule has 3 aromatic rings. The molecule has 8 nitrogen and oxygen atoms in total. The summed E-state index contributed by atoms with van der Waals surface area (Å²) >= 11 is 0. The molecule has 0 unspecified atom stereocenters. The average molecular weight is 305 g/mol. The van der Waals surface area contributed by atoms with Crippen molar-refractivity contribution >= 4 is 26.9 Å². The number of nitrogens with zero attached hydrogens (tertiary/aromatic N) is 3. The van der Waals surface area contributed by atoms with E-state index in [9.17, 15) is 8.42 Å². The summed E-state index contributed by atoms with van der Waals surface area (Å²) in [4.78, 5) is 8.07. The van der Waals surface area contributed by atoms with Crippen molar-refractivity contribution < 1.29 is 13.2 Å². The van der Waals surface area contributed by atoms with Gasteiger partial charge in [-0.3, -0.25) is 4.98 Å². The van der Waals surface area contributed by atoms with Crippen molar-refractivity contribution in [3.63, 3.8) is 0 Å². The number of pyridine rings is 1. The minimum Gasteiger partial charge on any atom is -0.466 e. The van der Waals surface area contributed by atoms with Gasteiger partial charge in [-0.2, -0.15) is 4.98 Å². The minimum atomic E-state index is -3.81. The maximum absolute atomic E-state index is 12.4. The number of hydrogen-bond acceptors (Lipinski definition) is 6. The van der Waals surface area contributed by atoms with E-state index in [1.165, 1.54) is 13.2 Å². The molecule has 108 valence electrons. The van der Waals surface area contributed by atoms with Crippen LogP contribution < -0.4 is 9.46 Å². The summed E-state index contributed by atoms with van der Waals surface area (Å²) in [5.41, 5.74) is 0.593. The van der Waals surface area contributed by atoms with Crippen LogP contribution >= 0.6 is 0 Å². The molecule has 21 heavy (non-hydrogen) atoms. The minimum absolute atomic E-state index is 0.0206. The summed E-state index contributed by atoms with van der Waals surface area (Å²) in [7, 11) is -2.43. The van der Waals surface area contributed by atoms with Gasteiger partial charge in [0.25, 0.3) is 10.0 Å². The maximum Gasteiger partial charge on any atom is 0.336 e. The fourth-order valence-electron chi connectivity index (χ4n) is 1.88. The number of aromatic nitrogens is 4. The Labute approximate surface area is 120 Å². The van der Waals surface area contributed by atoms with Gasteiger partial charge in [-0.05, 0) is 24.3 Å². The molecule has 0 atom stereocenters. The van der Waals surface area contributed by atoms with Crippen molar-refractivity contribution in [1.82, 2.24) is 20.2 Å². The topological polar surface area (TPSA) is 110 Å². The third kappa shape index (κ3) is 2.50. The zero-order valence-corrected chi connectivity index (χ0v) is 11.8. The van der Waals surface area contributed by atoms with Crippen LogP contribution in [-0.2, 0) is 10.0 Å². The van der Waals surface area contributed by atoms with Crippen molar-refractivity contribution in [2.45, 2.75) is 4.90 Å². The summed E-state index contributed by atoms with van der Waals surface area (Å²) in [5.74, 6) is -0.0206. The highest BCUT2D eigenvalue weighted by Gasteiger charge is 2.19. The molecule has 0 bridgehead atoms. The van der Waals surface area contributed by atoms with E-state index >= 15 is 0 Å². The van der Waals surface area contributed by atoms with Crippen LogP contribution in [0.15, 0.2) is 41.4 Å². The van der Waals surface area contributed by atoms with E-state index in [4.69, 9.17) is 4.74 Å². The summed E-state index contributed by atoms with van der Waals surface area (Å²) < 4.78 is 32.0. The zero-order valence-electron chi connectivity index (χ0n) is 10.9. The summed E-state index contributed by atoms with van der Waals surface area (Å²) in [5, 5.41) is 6.64. The summed E-state index contributed by atoms with van der Waals surface area (Å²) in [6, 6.07) is 8.29. The number of sulfonamides is 1. The van der Waals surface area contributed by atoms with Crippen LogP contribution in [-0.4, -0.2) is 35.7 Å². The van der Waals surface area contributed by atoms with Gasteiger partial charge in [-0.1, -0.05) is 6.07 Å². The molecule has 0 spiro atoms. The predicted molar refractivity (Wildman–Crippen MR) is 75.5 cm³/mol. The number of ether oxygens (including phenoxy) is 1. The van der Waals surface area contributed by atoms with Gasteiger partial charge in [0, 0.05) is 11.6 Å². The zero-order chi connectivity index (χ0) is 14.9. The fraction of sp³-hybridized carbons (Fsp3) is 0.0833. The van der Waals surface area contributed by atoms with Gasteiger partial charge in [-0.25, -0.2) is 18.2 Å². The fourth-order valence-corrected chi connectivity index (χ4v) is 3.05. The van der Waals surface area contributed by atoms with Crippen LogP contribution in [0.3, 0.4) is 0 Å². The highest BCUT2D eigenvalue weighted by atomic mass is 32.2. The molecule has 9 heteroatoms. The largest absolute Gasteiger partial charge is 0.466 e. The molecule has 0 fully saturated rings. The molecule has 2 aromatic heterocycles. The first-order valence-corrected chi connectivity index (χ1v) is 7.41. The van der Waals surface area contributed by atoms with Crippen LogP contribution in [0.2, 0.25) is 0 Å². The van der Waals surface area contributed by atoms with Gasteiger partial charge < -0.3 is 4.74 Å². The van der Waals surface area contributed by atoms with Gasteiger partial charge in [-0.15, -0.1) is 5.10 Å². The van der Waals surface area contributed by atoms with Crippen molar-refractivity contribution in [2.75, 3.05) is 11.8 Å². The highest BCUT2D eigenvalue weighted by molar-refractivity contribution is 7.93. The first-order chi connectivity index (χ1) is 10.1. The third-order valence-corrected chi connectivity index (χ3v) is 4.17. The molecule has 0 saturated carbocycles. The molecule has 0 aliphatic heterocycles. The van der Waals surface area contributed by atoms with Crippen LogP contribution in [0.1, 0.15) is 0 Å². The number of hydrogen-bond donors (Lipinski definition) is 2. The van der Waals surface area contributed by atoms with E-state index in [-0.39, 0.29) is 16.9 Å². The lowest BCUT2D eigenvalue weighted by Gasteiger charge is -2.07. The van der Waals surface area contributed by atoms with Crippen LogP contribution in [0, 0.1) is 0 Å². The Balaban J connectivity index is 2.04. The Kier molecular flexibility index (Phi) is 3.18. The number of nitrogens with one attached hydrogen (secondary N) is 2. The molecule has 1 aromatic carbocycles. The van der Waals surface area contributed by atoms with E-state index in [2.05, 4.69) is 24.9 Å². The Morgan fingerprint density at radius 3 is 2.86 bits per heavy atom. The number of methoxy groups -OCH3 is 1. The molecule has 0 aliphatic rings. The first kappa shape index (κ1) is 13.3. The third-order valence-electron chi connectivity index (χ3n) is 2.77. The van der Waals surface area contributed by atoms with Gasteiger partial charge in [0.15, 0.2) is 0 Å². The first-order valence-electron chi connectivity index (χ1n) is 5.93. The molecule has 2 heterocycles. The summed E-state index contributed by atoms with van der Waals surface area (Å²) in [6.07, 6.45) is 1.60. The van der Waals surface area contributed by atoms with E-state index in [1.807, 2.05) is 0 Å². The molecule has 2 N–H and O–H groups in total. The number of aromatic amines is 1. The smallest absolute Gasteiger partial charge is 0.336 e. The molecule has 0 radical (unpaired) electrons. The van der Waals surface area contributed by atoms with Crippen LogP contribution in [0.25, 0.3) is 10.9 Å². The van der Waals surface area contributed by atoms with Crippen molar-refractivity contribution in [3.8, 4) is 6.01 Å². The van der Waals surface area contributed by atoms with Crippen molar-refractivity contribution in [1.29, 1.82) is 0 Å². The van der Waals surface area contributed by atoms with Gasteiger partial charge in [0.1, 0.15) is 0 Å². The lowest BCUT2D eigenvalue weighted by molar-refractivity contribution is 0.382. The molecule has 0 aliphatic carbocycles. The lowest BCUT2D eigenvalue weighted by Crippen LogP contribution is -2.14. The molecule has 3 rings (SSSR count). The second-order valence-corrected chi connectivity index (χ2v) is 5.75. The standard InChI is InChI=1S/C12H11N5O3S/c1-20-12-14-11(15-16-12)17-21(18,19)10-6-2-5-9-8(10)4-3-7-13-9/h2-7H,1H3,(H2,14,15,16,17). The quantitative estimate of drug-likeness (QED) is 0.748. The van der Waals surface area contributed by atoms with E-state index in [1.54, 1.807) is 30.5 Å². The van der Waals surface area contributed by atoms with E-state index in [0.717, 1.165) is 0 Å². The van der Waals surface area contributed by atoms with Gasteiger partial charge in [0.05, 0.1) is 17.5 Å². The second kappa shape index (κ2) is 5.02.